The van der Waals surface area contributed by atoms with Gasteiger partial charge in [-0.05, 0) is 37.9 Å². The number of hydrogen-bond acceptors (Lipinski definition) is 5. The molecule has 25 heavy (non-hydrogen) atoms. The number of amides is 1. The van der Waals surface area contributed by atoms with Gasteiger partial charge in [0.1, 0.15) is 0 Å². The second kappa shape index (κ2) is 6.98. The number of nitrogens with zero attached hydrogens (tertiary/aromatic N) is 2. The van der Waals surface area contributed by atoms with Gasteiger partial charge in [0.25, 0.3) is 5.91 Å². The summed E-state index contributed by atoms with van der Waals surface area (Å²) < 4.78 is 12.2. The maximum atomic E-state index is 12.4. The van der Waals surface area contributed by atoms with Crippen LogP contribution in [-0.2, 0) is 7.05 Å². The number of rotatable bonds is 5. The molecular formula is C18H21N3O4. The average Bonchev–Trinajstić information content (AvgIpc) is 3.04. The molecule has 1 N–H and O–H groups in total. The van der Waals surface area contributed by atoms with E-state index in [1.807, 2.05) is 37.2 Å². The SMILES string of the molecule is CN(C)C(CNC(=O)c1ccc(=O)n(C)c1)c1ccc2c(c1)OCO2. The van der Waals surface area contributed by atoms with Gasteiger partial charge in [0.15, 0.2) is 11.5 Å². The summed E-state index contributed by atoms with van der Waals surface area (Å²) in [5.74, 6) is 1.23. The van der Waals surface area contributed by atoms with Crippen LogP contribution in [0.5, 0.6) is 11.5 Å². The Morgan fingerprint density at radius 2 is 2.00 bits per heavy atom. The Bertz CT molecular complexity index is 844. The van der Waals surface area contributed by atoms with Crippen molar-refractivity contribution in [2.75, 3.05) is 27.4 Å². The lowest BCUT2D eigenvalue weighted by Gasteiger charge is -2.25. The van der Waals surface area contributed by atoms with Gasteiger partial charge in [0.2, 0.25) is 12.4 Å². The lowest BCUT2D eigenvalue weighted by molar-refractivity contribution is 0.0941. The Kier molecular flexibility index (Phi) is 4.76. The fourth-order valence-electron chi connectivity index (χ4n) is 2.74. The molecular weight excluding hydrogens is 322 g/mol. The van der Waals surface area contributed by atoms with Crippen molar-refractivity contribution in [3.05, 3.63) is 58.0 Å². The minimum Gasteiger partial charge on any atom is -0.454 e. The van der Waals surface area contributed by atoms with Crippen molar-refractivity contribution >= 4 is 5.91 Å². The molecule has 1 aliphatic rings. The minimum absolute atomic E-state index is 0.0222. The molecule has 3 rings (SSSR count). The number of carbonyl (C=O) groups excluding carboxylic acids is 1. The molecule has 1 aliphatic heterocycles. The molecule has 1 amide bonds. The average molecular weight is 343 g/mol. The van der Waals surface area contributed by atoms with Crippen LogP contribution in [0.4, 0.5) is 0 Å². The lowest BCUT2D eigenvalue weighted by atomic mass is 10.0. The van der Waals surface area contributed by atoms with Gasteiger partial charge in [-0.25, -0.2) is 0 Å². The molecule has 0 spiro atoms. The van der Waals surface area contributed by atoms with Gasteiger partial charge in [-0.2, -0.15) is 0 Å². The number of aromatic nitrogens is 1. The van der Waals surface area contributed by atoms with E-state index in [-0.39, 0.29) is 24.3 Å². The van der Waals surface area contributed by atoms with Crippen molar-refractivity contribution in [1.82, 2.24) is 14.8 Å². The van der Waals surface area contributed by atoms with Gasteiger partial charge in [-0.1, -0.05) is 6.07 Å². The van der Waals surface area contributed by atoms with E-state index in [1.54, 1.807) is 7.05 Å². The fourth-order valence-corrected chi connectivity index (χ4v) is 2.74. The summed E-state index contributed by atoms with van der Waals surface area (Å²) in [5.41, 5.74) is 1.32. The number of ether oxygens (including phenoxy) is 2. The van der Waals surface area contributed by atoms with Crippen LogP contribution in [0, 0.1) is 0 Å². The molecule has 1 aromatic carbocycles. The molecule has 7 heteroatoms. The fraction of sp³-hybridized carbons (Fsp3) is 0.333. The summed E-state index contributed by atoms with van der Waals surface area (Å²) in [6.45, 7) is 0.656. The molecule has 0 radical (unpaired) electrons. The molecule has 1 unspecified atom stereocenters. The summed E-state index contributed by atoms with van der Waals surface area (Å²) in [6.07, 6.45) is 1.53. The zero-order valence-corrected chi connectivity index (χ0v) is 14.5. The molecule has 0 saturated heterocycles. The van der Waals surface area contributed by atoms with Crippen LogP contribution in [-0.4, -0.2) is 42.8 Å². The van der Waals surface area contributed by atoms with Crippen molar-refractivity contribution in [2.24, 2.45) is 7.05 Å². The zero-order valence-electron chi connectivity index (χ0n) is 14.5. The van der Waals surface area contributed by atoms with Gasteiger partial charge in [0.05, 0.1) is 11.6 Å². The largest absolute Gasteiger partial charge is 0.454 e. The maximum Gasteiger partial charge on any atom is 0.252 e. The van der Waals surface area contributed by atoms with Gasteiger partial charge >= 0.3 is 0 Å². The number of benzene rings is 1. The molecule has 2 aromatic rings. The Morgan fingerprint density at radius 1 is 1.24 bits per heavy atom. The van der Waals surface area contributed by atoms with E-state index in [0.29, 0.717) is 17.9 Å². The van der Waals surface area contributed by atoms with Crippen LogP contribution in [0.3, 0.4) is 0 Å². The highest BCUT2D eigenvalue weighted by molar-refractivity contribution is 5.93. The predicted octanol–water partition coefficient (Wildman–Crippen LogP) is 1.15. The molecule has 1 aromatic heterocycles. The van der Waals surface area contributed by atoms with E-state index in [9.17, 15) is 9.59 Å². The Morgan fingerprint density at radius 3 is 2.72 bits per heavy atom. The Hall–Kier alpha value is -2.80. The molecule has 0 bridgehead atoms. The van der Waals surface area contributed by atoms with Crippen molar-refractivity contribution in [1.29, 1.82) is 0 Å². The monoisotopic (exact) mass is 343 g/mol. The third-order valence-corrected chi connectivity index (χ3v) is 4.21. The second-order valence-electron chi connectivity index (χ2n) is 6.17. The van der Waals surface area contributed by atoms with Gasteiger partial charge in [0, 0.05) is 25.9 Å². The topological polar surface area (TPSA) is 72.8 Å². The standard InChI is InChI=1S/C18H21N3O4/c1-20(2)14(12-4-6-15-16(8-12)25-11-24-15)9-19-18(23)13-5-7-17(22)21(3)10-13/h4-8,10,14H,9,11H2,1-3H3,(H,19,23). The maximum absolute atomic E-state index is 12.4. The van der Waals surface area contributed by atoms with Crippen molar-refractivity contribution < 1.29 is 14.3 Å². The summed E-state index contributed by atoms with van der Waals surface area (Å²) in [4.78, 5) is 25.8. The summed E-state index contributed by atoms with van der Waals surface area (Å²) in [7, 11) is 5.52. The van der Waals surface area contributed by atoms with Crippen LogP contribution in [0.25, 0.3) is 0 Å². The zero-order chi connectivity index (χ0) is 18.0. The predicted molar refractivity (Wildman–Crippen MR) is 93.0 cm³/mol. The highest BCUT2D eigenvalue weighted by Crippen LogP contribution is 2.34. The summed E-state index contributed by atoms with van der Waals surface area (Å²) in [6, 6.07) is 8.68. The number of aryl methyl sites for hydroxylation is 1. The number of carbonyl (C=O) groups is 1. The first kappa shape index (κ1) is 17.0. The van der Waals surface area contributed by atoms with E-state index in [2.05, 4.69) is 5.32 Å². The molecule has 7 nitrogen and oxygen atoms in total. The number of nitrogens with one attached hydrogen (secondary N) is 1. The van der Waals surface area contributed by atoms with Crippen LogP contribution >= 0.6 is 0 Å². The van der Waals surface area contributed by atoms with E-state index in [0.717, 1.165) is 11.3 Å². The number of pyridine rings is 1. The van der Waals surface area contributed by atoms with E-state index in [1.165, 1.54) is 22.9 Å². The van der Waals surface area contributed by atoms with Crippen LogP contribution < -0.4 is 20.3 Å². The van der Waals surface area contributed by atoms with Crippen LogP contribution in [0.1, 0.15) is 22.0 Å². The van der Waals surface area contributed by atoms with Crippen molar-refractivity contribution in [3.8, 4) is 11.5 Å². The quantitative estimate of drug-likeness (QED) is 0.882. The van der Waals surface area contributed by atoms with Gasteiger partial charge < -0.3 is 24.3 Å². The first-order valence-corrected chi connectivity index (χ1v) is 7.96. The normalized spacial score (nSPS) is 13.8. The molecule has 0 aliphatic carbocycles. The third kappa shape index (κ3) is 3.66. The number of fused-ring (bicyclic) bond motifs is 1. The molecule has 0 fully saturated rings. The minimum atomic E-state index is -0.219. The first-order chi connectivity index (χ1) is 12.0. The highest BCUT2D eigenvalue weighted by atomic mass is 16.7. The Labute approximate surface area is 145 Å². The van der Waals surface area contributed by atoms with E-state index >= 15 is 0 Å². The second-order valence-corrected chi connectivity index (χ2v) is 6.17. The van der Waals surface area contributed by atoms with E-state index in [4.69, 9.17) is 9.47 Å². The number of hydrogen-bond donors (Lipinski definition) is 1. The van der Waals surface area contributed by atoms with Gasteiger partial charge in [-0.3, -0.25) is 9.59 Å². The molecule has 132 valence electrons. The smallest absolute Gasteiger partial charge is 0.252 e. The third-order valence-electron chi connectivity index (χ3n) is 4.21. The van der Waals surface area contributed by atoms with Crippen molar-refractivity contribution in [3.63, 3.8) is 0 Å². The highest BCUT2D eigenvalue weighted by Gasteiger charge is 2.20. The van der Waals surface area contributed by atoms with E-state index < -0.39 is 0 Å². The lowest BCUT2D eigenvalue weighted by Crippen LogP contribution is -2.35. The number of likely N-dealkylation sites (N-methyl/N-ethyl adjacent to an activating group) is 1. The van der Waals surface area contributed by atoms with Gasteiger partial charge in [-0.15, -0.1) is 0 Å². The molecule has 0 saturated carbocycles. The Balaban J connectivity index is 1.73. The molecule has 1 atom stereocenters. The van der Waals surface area contributed by atoms with Crippen molar-refractivity contribution in [2.45, 2.75) is 6.04 Å². The molecule has 2 heterocycles. The summed E-state index contributed by atoms with van der Waals surface area (Å²) >= 11 is 0. The van der Waals surface area contributed by atoms with Crippen LogP contribution in [0.2, 0.25) is 0 Å². The summed E-state index contributed by atoms with van der Waals surface area (Å²) in [5, 5.41) is 2.93. The first-order valence-electron chi connectivity index (χ1n) is 7.96. The van der Waals surface area contributed by atoms with Crippen LogP contribution in [0.15, 0.2) is 41.3 Å².